The minimum atomic E-state index is 0.271. The largest absolute Gasteiger partial charge is 0.508 e. The molecule has 0 fully saturated rings. The standard InChI is InChI=1S/C19H16N2O/c1-14-2-8-17(9-3-14)20-21-18-10-4-15(5-11-18)16-6-12-19(22)13-7-16/h2-13,22H,1H3. The lowest BCUT2D eigenvalue weighted by Crippen LogP contribution is -1.76. The molecule has 0 aliphatic carbocycles. The Kier molecular flexibility index (Phi) is 3.97. The summed E-state index contributed by atoms with van der Waals surface area (Å²) in [4.78, 5) is 0. The zero-order valence-electron chi connectivity index (χ0n) is 12.3. The van der Waals surface area contributed by atoms with Gasteiger partial charge >= 0.3 is 0 Å². The second kappa shape index (κ2) is 6.22. The topological polar surface area (TPSA) is 45.0 Å². The Labute approximate surface area is 129 Å². The molecule has 0 atom stereocenters. The molecule has 0 bridgehead atoms. The van der Waals surface area contributed by atoms with Gasteiger partial charge in [0, 0.05) is 0 Å². The zero-order valence-corrected chi connectivity index (χ0v) is 12.3. The first-order valence-electron chi connectivity index (χ1n) is 7.08. The summed E-state index contributed by atoms with van der Waals surface area (Å²) in [6, 6.07) is 22.9. The second-order valence-electron chi connectivity index (χ2n) is 5.13. The van der Waals surface area contributed by atoms with Crippen molar-refractivity contribution >= 4 is 11.4 Å². The van der Waals surface area contributed by atoms with Gasteiger partial charge in [-0.25, -0.2) is 0 Å². The van der Waals surface area contributed by atoms with Crippen molar-refractivity contribution in [3.63, 3.8) is 0 Å². The molecule has 3 aromatic carbocycles. The number of hydrogen-bond acceptors (Lipinski definition) is 3. The Balaban J connectivity index is 1.76. The molecule has 0 aliphatic heterocycles. The zero-order chi connectivity index (χ0) is 15.4. The van der Waals surface area contributed by atoms with Crippen molar-refractivity contribution in [2.24, 2.45) is 10.2 Å². The van der Waals surface area contributed by atoms with Gasteiger partial charge in [-0.15, -0.1) is 0 Å². The summed E-state index contributed by atoms with van der Waals surface area (Å²) in [6.07, 6.45) is 0. The first kappa shape index (κ1) is 14.0. The number of aromatic hydroxyl groups is 1. The predicted molar refractivity (Wildman–Crippen MR) is 88.9 cm³/mol. The summed E-state index contributed by atoms with van der Waals surface area (Å²) in [5, 5.41) is 17.8. The van der Waals surface area contributed by atoms with Crippen LogP contribution in [0.4, 0.5) is 11.4 Å². The molecule has 0 spiro atoms. The third-order valence-corrected chi connectivity index (χ3v) is 3.38. The molecule has 0 saturated carbocycles. The molecule has 3 aromatic rings. The molecule has 0 saturated heterocycles. The summed E-state index contributed by atoms with van der Waals surface area (Å²) in [6.45, 7) is 2.04. The van der Waals surface area contributed by atoms with Gasteiger partial charge in [-0.05, 0) is 54.4 Å². The Morgan fingerprint density at radius 1 is 0.591 bits per heavy atom. The van der Waals surface area contributed by atoms with E-state index in [9.17, 15) is 5.11 Å². The maximum atomic E-state index is 9.32. The van der Waals surface area contributed by atoms with E-state index in [1.807, 2.05) is 67.6 Å². The molecule has 3 rings (SSSR count). The van der Waals surface area contributed by atoms with Gasteiger partial charge in [0.1, 0.15) is 5.75 Å². The molecule has 3 nitrogen and oxygen atoms in total. The molecule has 22 heavy (non-hydrogen) atoms. The van der Waals surface area contributed by atoms with Gasteiger partial charge in [0.05, 0.1) is 11.4 Å². The van der Waals surface area contributed by atoms with Gasteiger partial charge in [-0.3, -0.25) is 0 Å². The van der Waals surface area contributed by atoms with Gasteiger partial charge in [0.15, 0.2) is 0 Å². The Hall–Kier alpha value is -2.94. The van der Waals surface area contributed by atoms with Crippen LogP contribution in [0.5, 0.6) is 5.75 Å². The number of azo groups is 1. The number of benzene rings is 3. The maximum Gasteiger partial charge on any atom is 0.115 e. The highest BCUT2D eigenvalue weighted by molar-refractivity contribution is 5.65. The number of aryl methyl sites for hydroxylation is 1. The fourth-order valence-electron chi connectivity index (χ4n) is 2.10. The first-order valence-corrected chi connectivity index (χ1v) is 7.08. The molecule has 3 heteroatoms. The summed E-state index contributed by atoms with van der Waals surface area (Å²) >= 11 is 0. The molecule has 0 aromatic heterocycles. The summed E-state index contributed by atoms with van der Waals surface area (Å²) < 4.78 is 0. The van der Waals surface area contributed by atoms with E-state index in [0.29, 0.717) is 0 Å². The third kappa shape index (κ3) is 3.38. The van der Waals surface area contributed by atoms with E-state index in [1.54, 1.807) is 12.1 Å². The van der Waals surface area contributed by atoms with Crippen molar-refractivity contribution in [1.82, 2.24) is 0 Å². The quantitative estimate of drug-likeness (QED) is 0.610. The summed E-state index contributed by atoms with van der Waals surface area (Å²) in [5.41, 5.74) is 4.99. The predicted octanol–water partition coefficient (Wildman–Crippen LogP) is 5.78. The average molecular weight is 288 g/mol. The van der Waals surface area contributed by atoms with Crippen molar-refractivity contribution in [3.05, 3.63) is 78.4 Å². The SMILES string of the molecule is Cc1ccc(N=Nc2ccc(-c3ccc(O)cc3)cc2)cc1. The lowest BCUT2D eigenvalue weighted by molar-refractivity contribution is 0.475. The minimum absolute atomic E-state index is 0.271. The van der Waals surface area contributed by atoms with Crippen molar-refractivity contribution < 1.29 is 5.11 Å². The van der Waals surface area contributed by atoms with Crippen LogP contribution >= 0.6 is 0 Å². The van der Waals surface area contributed by atoms with E-state index in [0.717, 1.165) is 22.5 Å². The number of rotatable bonds is 3. The van der Waals surface area contributed by atoms with E-state index in [-0.39, 0.29) is 5.75 Å². The third-order valence-electron chi connectivity index (χ3n) is 3.38. The minimum Gasteiger partial charge on any atom is -0.508 e. The molecular weight excluding hydrogens is 272 g/mol. The smallest absolute Gasteiger partial charge is 0.115 e. The number of nitrogens with zero attached hydrogens (tertiary/aromatic N) is 2. The van der Waals surface area contributed by atoms with Crippen molar-refractivity contribution in [3.8, 4) is 16.9 Å². The fourth-order valence-corrected chi connectivity index (χ4v) is 2.10. The highest BCUT2D eigenvalue weighted by Gasteiger charge is 1.98. The molecule has 0 heterocycles. The lowest BCUT2D eigenvalue weighted by Gasteiger charge is -2.02. The Morgan fingerprint density at radius 3 is 1.50 bits per heavy atom. The van der Waals surface area contributed by atoms with E-state index in [1.165, 1.54) is 5.56 Å². The van der Waals surface area contributed by atoms with Gasteiger partial charge in [0.2, 0.25) is 0 Å². The van der Waals surface area contributed by atoms with Crippen molar-refractivity contribution in [2.45, 2.75) is 6.92 Å². The van der Waals surface area contributed by atoms with Gasteiger partial charge < -0.3 is 5.11 Å². The monoisotopic (exact) mass is 288 g/mol. The summed E-state index contributed by atoms with van der Waals surface area (Å²) in [5.74, 6) is 0.271. The van der Waals surface area contributed by atoms with Crippen molar-refractivity contribution in [1.29, 1.82) is 0 Å². The molecule has 0 radical (unpaired) electrons. The van der Waals surface area contributed by atoms with Crippen molar-refractivity contribution in [2.75, 3.05) is 0 Å². The molecule has 1 N–H and O–H groups in total. The van der Waals surface area contributed by atoms with Gasteiger partial charge in [0.25, 0.3) is 0 Å². The molecule has 0 amide bonds. The highest BCUT2D eigenvalue weighted by atomic mass is 16.3. The van der Waals surface area contributed by atoms with Crippen LogP contribution in [-0.4, -0.2) is 5.11 Å². The maximum absolute atomic E-state index is 9.32. The van der Waals surface area contributed by atoms with Crippen LogP contribution in [-0.2, 0) is 0 Å². The van der Waals surface area contributed by atoms with Gasteiger partial charge in [-0.2, -0.15) is 10.2 Å². The van der Waals surface area contributed by atoms with Crippen LogP contribution in [0.25, 0.3) is 11.1 Å². The van der Waals surface area contributed by atoms with E-state index in [2.05, 4.69) is 10.2 Å². The average Bonchev–Trinajstić information content (AvgIpc) is 2.56. The Bertz CT molecular complexity index is 773. The van der Waals surface area contributed by atoms with E-state index >= 15 is 0 Å². The molecule has 0 aliphatic rings. The van der Waals surface area contributed by atoms with Crippen LogP contribution < -0.4 is 0 Å². The number of hydrogen-bond donors (Lipinski definition) is 1. The van der Waals surface area contributed by atoms with E-state index < -0.39 is 0 Å². The second-order valence-corrected chi connectivity index (χ2v) is 5.13. The number of phenols is 1. The lowest BCUT2D eigenvalue weighted by atomic mass is 10.1. The van der Waals surface area contributed by atoms with Crippen LogP contribution in [0.2, 0.25) is 0 Å². The van der Waals surface area contributed by atoms with E-state index in [4.69, 9.17) is 0 Å². The molecule has 0 unspecified atom stereocenters. The molecule has 108 valence electrons. The normalized spacial score (nSPS) is 11.0. The van der Waals surface area contributed by atoms with Crippen LogP contribution in [0.3, 0.4) is 0 Å². The molecular formula is C19H16N2O. The Morgan fingerprint density at radius 2 is 1.00 bits per heavy atom. The summed E-state index contributed by atoms with van der Waals surface area (Å²) in [7, 11) is 0. The fraction of sp³-hybridized carbons (Fsp3) is 0.0526. The van der Waals surface area contributed by atoms with Crippen LogP contribution in [0.1, 0.15) is 5.56 Å². The first-order chi connectivity index (χ1) is 10.7. The van der Waals surface area contributed by atoms with Crippen LogP contribution in [0, 0.1) is 6.92 Å². The highest BCUT2D eigenvalue weighted by Crippen LogP contribution is 2.25. The van der Waals surface area contributed by atoms with Gasteiger partial charge in [-0.1, -0.05) is 42.0 Å². The number of phenolic OH excluding ortho intramolecular Hbond substituents is 1. The van der Waals surface area contributed by atoms with Crippen LogP contribution in [0.15, 0.2) is 83.0 Å².